The molecule has 7 nitrogen and oxygen atoms in total. The second-order valence-corrected chi connectivity index (χ2v) is 8.11. The van der Waals surface area contributed by atoms with E-state index < -0.39 is 23.8 Å². The molecule has 0 radical (unpaired) electrons. The van der Waals surface area contributed by atoms with Gasteiger partial charge in [0, 0.05) is 15.0 Å². The Morgan fingerprint density at radius 1 is 1.31 bits per heavy atom. The number of benzene rings is 1. The molecule has 0 saturated carbocycles. The average Bonchev–Trinajstić information content (AvgIpc) is 3.19. The van der Waals surface area contributed by atoms with Crippen molar-refractivity contribution in [3.05, 3.63) is 51.1 Å². The van der Waals surface area contributed by atoms with Gasteiger partial charge in [-0.2, -0.15) is 10.4 Å². The first-order valence-corrected chi connectivity index (χ1v) is 9.70. The molecule has 0 aliphatic carbocycles. The van der Waals surface area contributed by atoms with Crippen LogP contribution in [-0.4, -0.2) is 33.9 Å². The van der Waals surface area contributed by atoms with Crippen LogP contribution in [0.1, 0.15) is 18.2 Å². The van der Waals surface area contributed by atoms with Crippen molar-refractivity contribution in [2.45, 2.75) is 31.7 Å². The van der Waals surface area contributed by atoms with Crippen LogP contribution in [-0.2, 0) is 11.2 Å². The molecule has 9 heteroatoms. The van der Waals surface area contributed by atoms with Gasteiger partial charge in [0.1, 0.15) is 5.54 Å². The summed E-state index contributed by atoms with van der Waals surface area (Å²) in [5.41, 5.74) is 2.13. The molecule has 138 valence electrons. The first kappa shape index (κ1) is 18.8. The highest BCUT2D eigenvalue weighted by molar-refractivity contribution is 9.10. The van der Waals surface area contributed by atoms with Gasteiger partial charge >= 0.3 is 6.03 Å². The molecule has 1 saturated heterocycles. The molecule has 1 fully saturated rings. The highest BCUT2D eigenvalue weighted by Crippen LogP contribution is 2.24. The van der Waals surface area contributed by atoms with Crippen molar-refractivity contribution < 1.29 is 14.7 Å². The van der Waals surface area contributed by atoms with Crippen molar-refractivity contribution in [2.75, 3.05) is 5.32 Å². The van der Waals surface area contributed by atoms with E-state index in [0.29, 0.717) is 18.5 Å². The van der Waals surface area contributed by atoms with E-state index in [1.54, 1.807) is 30.4 Å². The maximum atomic E-state index is 12.7. The van der Waals surface area contributed by atoms with Gasteiger partial charge in [0.05, 0.1) is 0 Å². The lowest BCUT2D eigenvalue weighted by Gasteiger charge is -2.23. The number of aliphatic hydroxyl groups is 1. The zero-order valence-corrected chi connectivity index (χ0v) is 16.4. The molecule has 4 N–H and O–H groups in total. The summed E-state index contributed by atoms with van der Waals surface area (Å²) >= 11 is 4.94. The van der Waals surface area contributed by atoms with Crippen LogP contribution in [0.15, 0.2) is 46.3 Å². The molecule has 2 aromatic rings. The first-order valence-electron chi connectivity index (χ1n) is 8.03. The van der Waals surface area contributed by atoms with Crippen LogP contribution in [0.3, 0.4) is 0 Å². The maximum Gasteiger partial charge on any atom is 0.339 e. The Bertz CT molecular complexity index is 784. The van der Waals surface area contributed by atoms with E-state index in [0.717, 1.165) is 14.4 Å². The molecule has 26 heavy (non-hydrogen) atoms. The van der Waals surface area contributed by atoms with E-state index in [2.05, 4.69) is 32.0 Å². The van der Waals surface area contributed by atoms with Crippen molar-refractivity contribution in [2.24, 2.45) is 0 Å². The van der Waals surface area contributed by atoms with Crippen molar-refractivity contribution >= 4 is 44.9 Å². The number of aliphatic hydroxyl groups excluding tert-OH is 1. The summed E-state index contributed by atoms with van der Waals surface area (Å²) in [4.78, 5) is 26.0. The van der Waals surface area contributed by atoms with E-state index in [1.807, 2.05) is 29.6 Å². The monoisotopic (exact) mass is 438 g/mol. The van der Waals surface area contributed by atoms with Gasteiger partial charge in [-0.3, -0.25) is 4.79 Å². The van der Waals surface area contributed by atoms with Gasteiger partial charge in [0.15, 0.2) is 6.35 Å². The molecular formula is C17H19BrN4O3S. The Morgan fingerprint density at radius 2 is 2.04 bits per heavy atom. The first-order chi connectivity index (χ1) is 12.4. The predicted octanol–water partition coefficient (Wildman–Crippen LogP) is 2.65. The molecule has 1 aromatic heterocycles. The number of hydrazine groups is 1. The van der Waals surface area contributed by atoms with Crippen LogP contribution in [0.4, 0.5) is 10.5 Å². The fraction of sp³-hybridized carbons (Fsp3) is 0.294. The number of hydrogen-bond acceptors (Lipinski definition) is 6. The number of carbonyl (C=O) groups excluding carboxylic acids is 2. The quantitative estimate of drug-likeness (QED) is 0.393. The zero-order chi connectivity index (χ0) is 18.7. The third-order valence-corrected chi connectivity index (χ3v) is 5.58. The molecule has 2 heterocycles. The van der Waals surface area contributed by atoms with Crippen LogP contribution in [0.5, 0.6) is 0 Å². The molecule has 2 unspecified atom stereocenters. The second kappa shape index (κ2) is 7.75. The summed E-state index contributed by atoms with van der Waals surface area (Å²) in [5, 5.41) is 18.4. The van der Waals surface area contributed by atoms with Crippen LogP contribution < -0.4 is 16.1 Å². The van der Waals surface area contributed by atoms with Gasteiger partial charge < -0.3 is 15.7 Å². The zero-order valence-electron chi connectivity index (χ0n) is 14.0. The van der Waals surface area contributed by atoms with Gasteiger partial charge in [-0.05, 0) is 55.5 Å². The Labute approximate surface area is 163 Å². The van der Waals surface area contributed by atoms with E-state index in [9.17, 15) is 14.7 Å². The van der Waals surface area contributed by atoms with Crippen LogP contribution in [0.2, 0.25) is 0 Å². The lowest BCUT2D eigenvalue weighted by Crippen LogP contribution is -2.52. The molecule has 3 rings (SSSR count). The molecular weight excluding hydrogens is 420 g/mol. The standard InChI is InChI=1S/C17H19BrN4O3S/c1-17(9-8-13-3-2-10-26-13)14(23)22(16(25)20-17)21-15(24)19-12-6-4-11(18)5-7-12/h2-7,10,15,19,21,24H,8-9H2,1H3,(H,20,25). The summed E-state index contributed by atoms with van der Waals surface area (Å²) in [6.07, 6.45) is -0.134. The van der Waals surface area contributed by atoms with Crippen LogP contribution in [0.25, 0.3) is 0 Å². The number of hydrogen-bond donors (Lipinski definition) is 4. The molecule has 0 bridgehead atoms. The number of imide groups is 1. The number of nitrogens with one attached hydrogen (secondary N) is 3. The Kier molecular flexibility index (Phi) is 5.61. The summed E-state index contributed by atoms with van der Waals surface area (Å²) in [6.45, 7) is 1.69. The number of amides is 3. The fourth-order valence-electron chi connectivity index (χ4n) is 2.66. The van der Waals surface area contributed by atoms with E-state index in [1.165, 1.54) is 0 Å². The topological polar surface area (TPSA) is 93.7 Å². The largest absolute Gasteiger partial charge is 0.360 e. The smallest absolute Gasteiger partial charge is 0.339 e. The predicted molar refractivity (Wildman–Crippen MR) is 103 cm³/mol. The van der Waals surface area contributed by atoms with Gasteiger partial charge in [-0.25, -0.2) is 4.79 Å². The van der Waals surface area contributed by atoms with Gasteiger partial charge in [-0.15, -0.1) is 11.3 Å². The Morgan fingerprint density at radius 3 is 2.69 bits per heavy atom. The minimum Gasteiger partial charge on any atom is -0.360 e. The number of halogens is 1. The number of aryl methyl sites for hydroxylation is 1. The second-order valence-electron chi connectivity index (χ2n) is 6.17. The highest BCUT2D eigenvalue weighted by atomic mass is 79.9. The van der Waals surface area contributed by atoms with E-state index in [-0.39, 0.29) is 0 Å². The van der Waals surface area contributed by atoms with Crippen molar-refractivity contribution in [3.63, 3.8) is 0 Å². The molecule has 1 aromatic carbocycles. The van der Waals surface area contributed by atoms with Gasteiger partial charge in [0.2, 0.25) is 0 Å². The van der Waals surface area contributed by atoms with Gasteiger partial charge in [-0.1, -0.05) is 22.0 Å². The van der Waals surface area contributed by atoms with Crippen molar-refractivity contribution in [3.8, 4) is 0 Å². The minimum atomic E-state index is -1.30. The van der Waals surface area contributed by atoms with E-state index in [4.69, 9.17) is 0 Å². The summed E-state index contributed by atoms with van der Waals surface area (Å²) in [7, 11) is 0. The number of nitrogens with zero attached hydrogens (tertiary/aromatic N) is 1. The molecule has 2 atom stereocenters. The van der Waals surface area contributed by atoms with Crippen LogP contribution in [0, 0.1) is 0 Å². The average molecular weight is 439 g/mol. The lowest BCUT2D eigenvalue weighted by molar-refractivity contribution is -0.135. The lowest BCUT2D eigenvalue weighted by atomic mass is 9.96. The Hall–Kier alpha value is -1.94. The summed E-state index contributed by atoms with van der Waals surface area (Å²) in [6, 6.07) is 10.5. The normalized spacial score (nSPS) is 21.0. The summed E-state index contributed by atoms with van der Waals surface area (Å²) in [5.74, 6) is -0.421. The SMILES string of the molecule is CC1(CCc2cccs2)NC(=O)N(NC(O)Nc2ccc(Br)cc2)C1=O. The number of thiophene rings is 1. The number of carbonyl (C=O) groups is 2. The number of rotatable bonds is 7. The highest BCUT2D eigenvalue weighted by Gasteiger charge is 2.48. The van der Waals surface area contributed by atoms with Crippen molar-refractivity contribution in [1.29, 1.82) is 0 Å². The molecule has 0 spiro atoms. The third-order valence-electron chi connectivity index (χ3n) is 4.11. The minimum absolute atomic E-state index is 0.421. The number of anilines is 1. The molecule has 3 amide bonds. The van der Waals surface area contributed by atoms with E-state index >= 15 is 0 Å². The molecule has 1 aliphatic heterocycles. The molecule has 1 aliphatic rings. The maximum absolute atomic E-state index is 12.7. The van der Waals surface area contributed by atoms with Crippen molar-refractivity contribution in [1.82, 2.24) is 15.8 Å². The van der Waals surface area contributed by atoms with Gasteiger partial charge in [0.25, 0.3) is 5.91 Å². The third kappa shape index (κ3) is 4.24. The fourth-order valence-corrected chi connectivity index (χ4v) is 3.63. The Balaban J connectivity index is 1.60. The van der Waals surface area contributed by atoms with Crippen LogP contribution >= 0.6 is 27.3 Å². The number of urea groups is 1. The summed E-state index contributed by atoms with van der Waals surface area (Å²) < 4.78 is 0.904.